The fourth-order valence-electron chi connectivity index (χ4n) is 1.99. The second-order valence-corrected chi connectivity index (χ2v) is 4.47. The molecule has 1 heterocycles. The van der Waals surface area contributed by atoms with Gasteiger partial charge >= 0.3 is 0 Å². The first-order chi connectivity index (χ1) is 10.1. The molecule has 0 saturated carbocycles. The van der Waals surface area contributed by atoms with E-state index in [0.29, 0.717) is 30.4 Å². The fourth-order valence-corrected chi connectivity index (χ4v) is 1.99. The number of anilines is 1. The number of benzene rings is 1. The molecule has 110 valence electrons. The summed E-state index contributed by atoms with van der Waals surface area (Å²) in [4.78, 5) is 14.9. The van der Waals surface area contributed by atoms with Crippen LogP contribution < -0.4 is 10.1 Å². The van der Waals surface area contributed by atoms with Crippen LogP contribution in [0.25, 0.3) is 0 Å². The van der Waals surface area contributed by atoms with Crippen LogP contribution in [0.15, 0.2) is 36.4 Å². The molecule has 0 saturated heterocycles. The number of aromatic nitrogens is 1. The van der Waals surface area contributed by atoms with E-state index in [-0.39, 0.29) is 10.6 Å². The highest BCUT2D eigenvalue weighted by Gasteiger charge is 2.12. The number of nitrogens with one attached hydrogen (secondary N) is 1. The Hall–Kier alpha value is -2.63. The van der Waals surface area contributed by atoms with E-state index in [1.54, 1.807) is 19.1 Å². The van der Waals surface area contributed by atoms with Crippen molar-refractivity contribution in [3.8, 4) is 5.88 Å². The first kappa shape index (κ1) is 14.8. The van der Waals surface area contributed by atoms with Crippen LogP contribution in [-0.4, -0.2) is 16.5 Å². The zero-order valence-electron chi connectivity index (χ0n) is 12.0. The molecule has 2 rings (SSSR count). The Kier molecular flexibility index (Phi) is 4.71. The number of nitro benzene ring substituents is 1. The van der Waals surface area contributed by atoms with Gasteiger partial charge in [0.1, 0.15) is 5.82 Å². The Bertz CT molecular complexity index is 644. The van der Waals surface area contributed by atoms with Crippen LogP contribution in [0.3, 0.4) is 0 Å². The fraction of sp³-hybridized carbons (Fsp3) is 0.267. The maximum Gasteiger partial charge on any atom is 0.272 e. The summed E-state index contributed by atoms with van der Waals surface area (Å²) in [7, 11) is 0. The van der Waals surface area contributed by atoms with E-state index in [4.69, 9.17) is 4.74 Å². The van der Waals surface area contributed by atoms with Gasteiger partial charge in [0.15, 0.2) is 0 Å². The van der Waals surface area contributed by atoms with Crippen molar-refractivity contribution in [3.63, 3.8) is 0 Å². The van der Waals surface area contributed by atoms with Crippen LogP contribution in [-0.2, 0) is 6.54 Å². The lowest BCUT2D eigenvalue weighted by molar-refractivity contribution is -0.385. The van der Waals surface area contributed by atoms with Gasteiger partial charge in [-0.15, -0.1) is 0 Å². The van der Waals surface area contributed by atoms with Gasteiger partial charge in [-0.25, -0.2) is 0 Å². The molecule has 0 aliphatic rings. The minimum atomic E-state index is -0.368. The quantitative estimate of drug-likeness (QED) is 0.651. The van der Waals surface area contributed by atoms with Crippen LogP contribution in [0.2, 0.25) is 0 Å². The smallest absolute Gasteiger partial charge is 0.272 e. The predicted octanol–water partition coefficient (Wildman–Crippen LogP) is 3.31. The Labute approximate surface area is 122 Å². The Morgan fingerprint density at radius 2 is 2.05 bits per heavy atom. The highest BCUT2D eigenvalue weighted by atomic mass is 16.6. The maximum absolute atomic E-state index is 10.9. The van der Waals surface area contributed by atoms with Gasteiger partial charge in [0.2, 0.25) is 5.88 Å². The van der Waals surface area contributed by atoms with Crippen LogP contribution in [0.5, 0.6) is 5.88 Å². The number of ether oxygens (including phenoxy) is 1. The second kappa shape index (κ2) is 6.69. The van der Waals surface area contributed by atoms with Gasteiger partial charge < -0.3 is 10.1 Å². The maximum atomic E-state index is 10.9. The van der Waals surface area contributed by atoms with E-state index in [1.807, 2.05) is 25.1 Å². The Balaban J connectivity index is 2.11. The van der Waals surface area contributed by atoms with E-state index < -0.39 is 0 Å². The molecular formula is C15H17N3O3. The zero-order valence-corrected chi connectivity index (χ0v) is 12.0. The van der Waals surface area contributed by atoms with Crippen LogP contribution >= 0.6 is 0 Å². The van der Waals surface area contributed by atoms with E-state index in [1.165, 1.54) is 6.07 Å². The van der Waals surface area contributed by atoms with Gasteiger partial charge in [-0.1, -0.05) is 18.2 Å². The molecule has 0 aliphatic carbocycles. The zero-order chi connectivity index (χ0) is 15.2. The monoisotopic (exact) mass is 287 g/mol. The summed E-state index contributed by atoms with van der Waals surface area (Å²) < 4.78 is 5.33. The average molecular weight is 287 g/mol. The predicted molar refractivity (Wildman–Crippen MR) is 80.6 cm³/mol. The number of rotatable bonds is 6. The number of nitro groups is 1. The summed E-state index contributed by atoms with van der Waals surface area (Å²) >= 11 is 0. The standard InChI is InChI=1S/C15H17N3O3/c1-3-21-15-9-5-8-14(17-15)16-10-12-6-4-7-13(11(12)2)18(19)20/h4-9H,3,10H2,1-2H3,(H,16,17). The molecule has 0 amide bonds. The lowest BCUT2D eigenvalue weighted by atomic mass is 10.1. The van der Waals surface area contributed by atoms with Crippen molar-refractivity contribution in [1.29, 1.82) is 0 Å². The molecule has 1 aromatic heterocycles. The molecule has 6 heteroatoms. The van der Waals surface area contributed by atoms with E-state index in [2.05, 4.69) is 10.3 Å². The summed E-state index contributed by atoms with van der Waals surface area (Å²) in [6.45, 7) is 4.67. The molecule has 0 unspecified atom stereocenters. The second-order valence-electron chi connectivity index (χ2n) is 4.47. The van der Waals surface area contributed by atoms with Gasteiger partial charge in [-0.3, -0.25) is 10.1 Å². The highest BCUT2D eigenvalue weighted by Crippen LogP contribution is 2.22. The lowest BCUT2D eigenvalue weighted by Crippen LogP contribution is -2.05. The number of hydrogen-bond donors (Lipinski definition) is 1. The van der Waals surface area contributed by atoms with Crippen LogP contribution in [0.4, 0.5) is 11.5 Å². The molecular weight excluding hydrogens is 270 g/mol. The molecule has 1 N–H and O–H groups in total. The summed E-state index contributed by atoms with van der Waals surface area (Å²) in [5.41, 5.74) is 1.66. The van der Waals surface area contributed by atoms with E-state index in [9.17, 15) is 10.1 Å². The summed E-state index contributed by atoms with van der Waals surface area (Å²) in [5.74, 6) is 1.23. The third kappa shape index (κ3) is 3.68. The summed E-state index contributed by atoms with van der Waals surface area (Å²) in [6.07, 6.45) is 0. The summed E-state index contributed by atoms with van der Waals surface area (Å²) in [6, 6.07) is 10.5. The van der Waals surface area contributed by atoms with Crippen LogP contribution in [0.1, 0.15) is 18.1 Å². The third-order valence-electron chi connectivity index (χ3n) is 3.09. The third-order valence-corrected chi connectivity index (χ3v) is 3.09. The van der Waals surface area contributed by atoms with Gasteiger partial charge in [0.25, 0.3) is 5.69 Å². The molecule has 6 nitrogen and oxygen atoms in total. The van der Waals surface area contributed by atoms with Crippen molar-refractivity contribution < 1.29 is 9.66 Å². The van der Waals surface area contributed by atoms with Crippen LogP contribution in [0, 0.1) is 17.0 Å². The van der Waals surface area contributed by atoms with Gasteiger partial charge in [-0.2, -0.15) is 4.98 Å². The van der Waals surface area contributed by atoms with E-state index >= 15 is 0 Å². The molecule has 0 spiro atoms. The lowest BCUT2D eigenvalue weighted by Gasteiger charge is -2.10. The number of hydrogen-bond acceptors (Lipinski definition) is 5. The van der Waals surface area contributed by atoms with Crippen molar-refractivity contribution in [2.75, 3.05) is 11.9 Å². The highest BCUT2D eigenvalue weighted by molar-refractivity contribution is 5.46. The topological polar surface area (TPSA) is 77.3 Å². The Morgan fingerprint density at radius 3 is 2.76 bits per heavy atom. The minimum Gasteiger partial charge on any atom is -0.478 e. The van der Waals surface area contributed by atoms with Gasteiger partial charge in [0.05, 0.1) is 11.5 Å². The molecule has 0 fully saturated rings. The van der Waals surface area contributed by atoms with Gasteiger partial charge in [0, 0.05) is 24.2 Å². The molecule has 0 aliphatic heterocycles. The Morgan fingerprint density at radius 1 is 1.29 bits per heavy atom. The van der Waals surface area contributed by atoms with Crippen molar-refractivity contribution in [3.05, 3.63) is 57.6 Å². The van der Waals surface area contributed by atoms with Gasteiger partial charge in [-0.05, 0) is 25.5 Å². The number of nitrogens with zero attached hydrogens (tertiary/aromatic N) is 2. The number of pyridine rings is 1. The molecule has 0 atom stereocenters. The largest absolute Gasteiger partial charge is 0.478 e. The average Bonchev–Trinajstić information content (AvgIpc) is 2.46. The molecule has 0 radical (unpaired) electrons. The van der Waals surface area contributed by atoms with E-state index in [0.717, 1.165) is 5.56 Å². The van der Waals surface area contributed by atoms with Crippen molar-refractivity contribution in [1.82, 2.24) is 4.98 Å². The van der Waals surface area contributed by atoms with Crippen molar-refractivity contribution in [2.24, 2.45) is 0 Å². The SMILES string of the molecule is CCOc1cccc(NCc2cccc([N+](=O)[O-])c2C)n1. The van der Waals surface area contributed by atoms with Crippen molar-refractivity contribution in [2.45, 2.75) is 20.4 Å². The first-order valence-electron chi connectivity index (χ1n) is 6.68. The molecule has 2 aromatic rings. The minimum absolute atomic E-state index is 0.130. The first-order valence-corrected chi connectivity index (χ1v) is 6.68. The normalized spacial score (nSPS) is 10.2. The molecule has 21 heavy (non-hydrogen) atoms. The molecule has 0 bridgehead atoms. The van der Waals surface area contributed by atoms with Crippen molar-refractivity contribution >= 4 is 11.5 Å². The molecule has 1 aromatic carbocycles. The summed E-state index contributed by atoms with van der Waals surface area (Å²) in [5, 5.41) is 14.1.